The molecule has 1 aromatic rings. The van der Waals surface area contributed by atoms with E-state index in [9.17, 15) is 0 Å². The van der Waals surface area contributed by atoms with E-state index in [0.717, 1.165) is 18.7 Å². The Morgan fingerprint density at radius 2 is 2.33 bits per heavy atom. The van der Waals surface area contributed by atoms with Gasteiger partial charge >= 0.3 is 0 Å². The fourth-order valence-electron chi connectivity index (χ4n) is 1.69. The molecule has 4 nitrogen and oxygen atoms in total. The van der Waals surface area contributed by atoms with Crippen LogP contribution >= 0.6 is 0 Å². The fraction of sp³-hybridized carbons (Fsp3) is 0.727. The summed E-state index contributed by atoms with van der Waals surface area (Å²) in [6.45, 7) is 5.84. The molecule has 0 saturated carbocycles. The van der Waals surface area contributed by atoms with Gasteiger partial charge in [-0.25, -0.2) is 0 Å². The van der Waals surface area contributed by atoms with E-state index in [0.29, 0.717) is 6.61 Å². The molecular weight excluding hydrogens is 190 g/mol. The van der Waals surface area contributed by atoms with E-state index in [4.69, 9.17) is 4.74 Å². The van der Waals surface area contributed by atoms with Crippen LogP contribution in [-0.2, 0) is 11.8 Å². The van der Waals surface area contributed by atoms with Crippen LogP contribution in [0.3, 0.4) is 0 Å². The lowest BCUT2D eigenvalue weighted by atomic mass is 10.2. The monoisotopic (exact) mass is 211 g/mol. The second-order valence-electron chi connectivity index (χ2n) is 3.80. The lowest BCUT2D eigenvalue weighted by Gasteiger charge is -2.17. The summed E-state index contributed by atoms with van der Waals surface area (Å²) in [5, 5.41) is 7.80. The Hall–Kier alpha value is -0.870. The molecule has 0 saturated heterocycles. The van der Waals surface area contributed by atoms with E-state index in [1.807, 2.05) is 18.7 Å². The minimum Gasteiger partial charge on any atom is -0.383 e. The second kappa shape index (κ2) is 5.88. The van der Waals surface area contributed by atoms with Crippen molar-refractivity contribution in [2.24, 2.45) is 7.05 Å². The molecule has 4 heteroatoms. The van der Waals surface area contributed by atoms with Crippen LogP contribution in [-0.4, -0.2) is 30.0 Å². The van der Waals surface area contributed by atoms with E-state index in [1.165, 1.54) is 5.69 Å². The van der Waals surface area contributed by atoms with Crippen LogP contribution in [0.5, 0.6) is 0 Å². The molecule has 1 N–H and O–H groups in total. The predicted molar refractivity (Wildman–Crippen MR) is 60.9 cm³/mol. The largest absolute Gasteiger partial charge is 0.383 e. The van der Waals surface area contributed by atoms with Crippen LogP contribution in [0.2, 0.25) is 0 Å². The van der Waals surface area contributed by atoms with Crippen molar-refractivity contribution in [1.82, 2.24) is 15.1 Å². The number of ether oxygens (including phenoxy) is 1. The maximum absolute atomic E-state index is 5.22. The van der Waals surface area contributed by atoms with Gasteiger partial charge in [-0.05, 0) is 26.0 Å². The van der Waals surface area contributed by atoms with E-state index >= 15 is 0 Å². The van der Waals surface area contributed by atoms with Crippen LogP contribution in [0.4, 0.5) is 0 Å². The maximum atomic E-state index is 5.22. The van der Waals surface area contributed by atoms with Crippen molar-refractivity contribution in [3.05, 3.63) is 17.5 Å². The van der Waals surface area contributed by atoms with Crippen molar-refractivity contribution in [1.29, 1.82) is 0 Å². The summed E-state index contributed by atoms with van der Waals surface area (Å²) >= 11 is 0. The Kier molecular flexibility index (Phi) is 4.78. The van der Waals surface area contributed by atoms with Gasteiger partial charge < -0.3 is 10.1 Å². The third-order valence-corrected chi connectivity index (χ3v) is 2.37. The van der Waals surface area contributed by atoms with Crippen LogP contribution in [0.25, 0.3) is 0 Å². The van der Waals surface area contributed by atoms with Gasteiger partial charge in [0.05, 0.1) is 24.0 Å². The molecular formula is C11H21N3O. The first-order valence-electron chi connectivity index (χ1n) is 5.41. The minimum absolute atomic E-state index is 0.237. The zero-order chi connectivity index (χ0) is 11.3. The number of nitrogens with one attached hydrogen (secondary N) is 1. The maximum Gasteiger partial charge on any atom is 0.0729 e. The Labute approximate surface area is 91.6 Å². The van der Waals surface area contributed by atoms with Gasteiger partial charge in [0.25, 0.3) is 0 Å². The third kappa shape index (κ3) is 3.32. The highest BCUT2D eigenvalue weighted by Crippen LogP contribution is 2.13. The predicted octanol–water partition coefficient (Wildman–Crippen LogP) is 1.42. The molecule has 0 fully saturated rings. The molecule has 0 spiro atoms. The molecule has 1 aromatic heterocycles. The summed E-state index contributed by atoms with van der Waals surface area (Å²) in [7, 11) is 3.70. The number of rotatable bonds is 6. The topological polar surface area (TPSA) is 39.1 Å². The number of hydrogen-bond donors (Lipinski definition) is 1. The molecule has 1 rings (SSSR count). The SMILES string of the molecule is CCCNC(COC)c1cc(C)nn1C. The van der Waals surface area contributed by atoms with Crippen molar-refractivity contribution in [2.75, 3.05) is 20.3 Å². The van der Waals surface area contributed by atoms with Crippen LogP contribution in [0, 0.1) is 6.92 Å². The molecule has 0 aromatic carbocycles. The van der Waals surface area contributed by atoms with Crippen molar-refractivity contribution >= 4 is 0 Å². The zero-order valence-electron chi connectivity index (χ0n) is 10.1. The summed E-state index contributed by atoms with van der Waals surface area (Å²) in [4.78, 5) is 0. The Balaban J connectivity index is 2.73. The summed E-state index contributed by atoms with van der Waals surface area (Å²) < 4.78 is 7.13. The van der Waals surface area contributed by atoms with Crippen LogP contribution in [0.15, 0.2) is 6.07 Å². The third-order valence-electron chi connectivity index (χ3n) is 2.37. The van der Waals surface area contributed by atoms with Gasteiger partial charge in [-0.1, -0.05) is 6.92 Å². The Morgan fingerprint density at radius 1 is 1.60 bits per heavy atom. The van der Waals surface area contributed by atoms with E-state index < -0.39 is 0 Å². The summed E-state index contributed by atoms with van der Waals surface area (Å²) in [5.41, 5.74) is 2.23. The molecule has 0 aliphatic heterocycles. The second-order valence-corrected chi connectivity index (χ2v) is 3.80. The van der Waals surface area contributed by atoms with Gasteiger partial charge in [-0.15, -0.1) is 0 Å². The highest BCUT2D eigenvalue weighted by Gasteiger charge is 2.14. The Bertz CT molecular complexity index is 296. The first-order valence-corrected chi connectivity index (χ1v) is 5.41. The summed E-state index contributed by atoms with van der Waals surface area (Å²) in [6, 6.07) is 2.34. The number of nitrogens with zero attached hydrogens (tertiary/aromatic N) is 2. The molecule has 86 valence electrons. The summed E-state index contributed by atoms with van der Waals surface area (Å²) in [5.74, 6) is 0. The average molecular weight is 211 g/mol. The normalized spacial score (nSPS) is 13.1. The highest BCUT2D eigenvalue weighted by molar-refractivity contribution is 5.13. The Morgan fingerprint density at radius 3 is 2.80 bits per heavy atom. The zero-order valence-corrected chi connectivity index (χ0v) is 10.1. The average Bonchev–Trinajstić information content (AvgIpc) is 2.52. The smallest absolute Gasteiger partial charge is 0.0729 e. The number of aromatic nitrogens is 2. The van der Waals surface area contributed by atoms with Crippen LogP contribution in [0.1, 0.15) is 30.8 Å². The first kappa shape index (κ1) is 12.2. The minimum atomic E-state index is 0.237. The van der Waals surface area contributed by atoms with Gasteiger partial charge in [-0.2, -0.15) is 5.10 Å². The van der Waals surface area contributed by atoms with Gasteiger partial charge in [0.15, 0.2) is 0 Å². The molecule has 0 aliphatic carbocycles. The molecule has 0 amide bonds. The van der Waals surface area contributed by atoms with Gasteiger partial charge in [0, 0.05) is 14.2 Å². The number of methoxy groups -OCH3 is 1. The van der Waals surface area contributed by atoms with E-state index in [-0.39, 0.29) is 6.04 Å². The van der Waals surface area contributed by atoms with Crippen molar-refractivity contribution in [2.45, 2.75) is 26.3 Å². The van der Waals surface area contributed by atoms with Gasteiger partial charge in [0.2, 0.25) is 0 Å². The quantitative estimate of drug-likeness (QED) is 0.773. The molecule has 0 radical (unpaired) electrons. The molecule has 1 heterocycles. The first-order chi connectivity index (χ1) is 7.19. The van der Waals surface area contributed by atoms with Crippen LogP contribution < -0.4 is 5.32 Å². The van der Waals surface area contributed by atoms with Crippen molar-refractivity contribution in [3.63, 3.8) is 0 Å². The standard InChI is InChI=1S/C11H21N3O/c1-5-6-12-10(8-15-4)11-7-9(2)13-14(11)3/h7,10,12H,5-6,8H2,1-4H3. The molecule has 15 heavy (non-hydrogen) atoms. The van der Waals surface area contributed by atoms with Crippen molar-refractivity contribution in [3.8, 4) is 0 Å². The highest BCUT2D eigenvalue weighted by atomic mass is 16.5. The molecule has 1 atom stereocenters. The van der Waals surface area contributed by atoms with Gasteiger partial charge in [-0.3, -0.25) is 4.68 Å². The van der Waals surface area contributed by atoms with Crippen molar-refractivity contribution < 1.29 is 4.74 Å². The molecule has 0 aliphatic rings. The fourth-order valence-corrected chi connectivity index (χ4v) is 1.69. The van der Waals surface area contributed by atoms with Gasteiger partial charge in [0.1, 0.15) is 0 Å². The lowest BCUT2D eigenvalue weighted by molar-refractivity contribution is 0.164. The lowest BCUT2D eigenvalue weighted by Crippen LogP contribution is -2.27. The van der Waals surface area contributed by atoms with E-state index in [2.05, 4.69) is 23.4 Å². The molecule has 1 unspecified atom stereocenters. The number of aryl methyl sites for hydroxylation is 2. The van der Waals surface area contributed by atoms with E-state index in [1.54, 1.807) is 7.11 Å². The summed E-state index contributed by atoms with van der Waals surface area (Å²) in [6.07, 6.45) is 1.12. The molecule has 0 bridgehead atoms. The number of hydrogen-bond acceptors (Lipinski definition) is 3.